The van der Waals surface area contributed by atoms with Crippen LogP contribution >= 0.6 is 44.6 Å². The van der Waals surface area contributed by atoms with Crippen LogP contribution in [0.5, 0.6) is 5.75 Å². The van der Waals surface area contributed by atoms with E-state index in [2.05, 4.69) is 21.4 Å². The van der Waals surface area contributed by atoms with Crippen molar-refractivity contribution in [1.29, 1.82) is 0 Å². The van der Waals surface area contributed by atoms with Crippen LogP contribution in [0.1, 0.15) is 0 Å². The molecule has 0 spiro atoms. The number of hydrogen-bond acceptors (Lipinski definition) is 3. The quantitative estimate of drug-likeness (QED) is 0.590. The van der Waals surface area contributed by atoms with Crippen molar-refractivity contribution in [2.45, 2.75) is 0 Å². The van der Waals surface area contributed by atoms with E-state index in [9.17, 15) is 0 Å². The van der Waals surface area contributed by atoms with Crippen molar-refractivity contribution < 1.29 is 13.5 Å². The van der Waals surface area contributed by atoms with Gasteiger partial charge in [0.15, 0.2) is 0 Å². The van der Waals surface area contributed by atoms with Gasteiger partial charge >= 0.3 is 37.8 Å². The van der Waals surface area contributed by atoms with E-state index >= 15 is 0 Å². The molecule has 15 heavy (non-hydrogen) atoms. The SMILES string of the molecule is O=S(=O)(Cl)Cl.Oc1ccc(Cl)cc1Cl.[NaH]. The molecule has 0 heterocycles. The molecule has 0 amide bonds. The maximum atomic E-state index is 9.16. The molecule has 9 heteroatoms. The molecule has 1 N–H and O–H groups in total. The zero-order valence-corrected chi connectivity index (χ0v) is 10.3. The van der Waals surface area contributed by atoms with Crippen LogP contribution in [-0.2, 0) is 8.26 Å². The Kier molecular flexibility index (Phi) is 10.2. The van der Waals surface area contributed by atoms with E-state index in [1.54, 1.807) is 6.07 Å². The normalized spacial score (nSPS) is 9.60. The number of benzene rings is 1. The van der Waals surface area contributed by atoms with Crippen LogP contribution in [0.4, 0.5) is 0 Å². The molecule has 3 nitrogen and oxygen atoms in total. The monoisotopic (exact) mass is 320 g/mol. The average molecular weight is 322 g/mol. The minimum atomic E-state index is -3.72. The first-order chi connectivity index (χ1) is 6.20. The van der Waals surface area contributed by atoms with Gasteiger partial charge in [-0.05, 0) is 18.2 Å². The van der Waals surface area contributed by atoms with Crippen molar-refractivity contribution in [2.24, 2.45) is 0 Å². The fraction of sp³-hybridized carbons (Fsp3) is 0. The molecule has 0 radical (unpaired) electrons. The topological polar surface area (TPSA) is 54.4 Å². The van der Waals surface area contributed by atoms with E-state index in [1.807, 2.05) is 0 Å². The van der Waals surface area contributed by atoms with E-state index in [0.717, 1.165) is 0 Å². The van der Waals surface area contributed by atoms with Crippen LogP contribution in [-0.4, -0.2) is 43.1 Å². The third-order valence-electron chi connectivity index (χ3n) is 0.910. The molecule has 0 fully saturated rings. The number of rotatable bonds is 0. The summed E-state index contributed by atoms with van der Waals surface area (Å²) in [5.41, 5.74) is 0. The van der Waals surface area contributed by atoms with Gasteiger partial charge in [-0.3, -0.25) is 0 Å². The summed E-state index contributed by atoms with van der Waals surface area (Å²) in [6.45, 7) is 0. The van der Waals surface area contributed by atoms with Gasteiger partial charge in [0.2, 0.25) is 0 Å². The molecule has 0 aromatic heterocycles. The first kappa shape index (κ1) is 18.5. The Morgan fingerprint density at radius 1 is 1.13 bits per heavy atom. The summed E-state index contributed by atoms with van der Waals surface area (Å²) >= 11 is 11.0. The fourth-order valence-corrected chi connectivity index (χ4v) is 0.890. The Labute approximate surface area is 128 Å². The summed E-state index contributed by atoms with van der Waals surface area (Å²) in [6.07, 6.45) is 0. The number of halogens is 4. The molecular formula is C6H5Cl4NaO3S. The van der Waals surface area contributed by atoms with Crippen LogP contribution < -0.4 is 0 Å². The number of phenolic OH excluding ortho intramolecular Hbond substituents is 1. The van der Waals surface area contributed by atoms with Crippen molar-refractivity contribution in [3.63, 3.8) is 0 Å². The molecule has 0 unspecified atom stereocenters. The Bertz CT molecular complexity index is 401. The number of phenols is 1. The Morgan fingerprint density at radius 2 is 1.53 bits per heavy atom. The molecule has 1 aromatic carbocycles. The molecule has 0 saturated heterocycles. The van der Waals surface area contributed by atoms with Crippen molar-refractivity contribution in [3.05, 3.63) is 28.2 Å². The predicted octanol–water partition coefficient (Wildman–Crippen LogP) is 2.76. The van der Waals surface area contributed by atoms with Crippen molar-refractivity contribution in [2.75, 3.05) is 0 Å². The van der Waals surface area contributed by atoms with Crippen molar-refractivity contribution >= 4 is 82.4 Å². The zero-order valence-electron chi connectivity index (χ0n) is 6.42. The summed E-state index contributed by atoms with van der Waals surface area (Å²) in [7, 11) is 4.81. The van der Waals surface area contributed by atoms with Crippen LogP contribution in [0.3, 0.4) is 0 Å². The molecular weight excluding hydrogens is 317 g/mol. The summed E-state index contributed by atoms with van der Waals surface area (Å²) in [5, 5.41) is 9.66. The second-order valence-corrected chi connectivity index (χ2v) is 6.49. The van der Waals surface area contributed by atoms with Gasteiger partial charge < -0.3 is 5.11 Å². The van der Waals surface area contributed by atoms with Gasteiger partial charge in [0.1, 0.15) is 5.75 Å². The van der Waals surface area contributed by atoms with Crippen LogP contribution in [0.2, 0.25) is 10.0 Å². The van der Waals surface area contributed by atoms with Gasteiger partial charge in [-0.25, -0.2) is 0 Å². The third kappa shape index (κ3) is 13.1. The predicted molar refractivity (Wildman–Crippen MR) is 65.9 cm³/mol. The Morgan fingerprint density at radius 3 is 1.80 bits per heavy atom. The summed E-state index contributed by atoms with van der Waals surface area (Å²) < 4.78 is 18.3. The number of aromatic hydroxyl groups is 1. The Balaban J connectivity index is 0. The van der Waals surface area contributed by atoms with E-state index < -0.39 is 8.26 Å². The molecule has 0 saturated carbocycles. The molecule has 1 rings (SSSR count). The summed E-state index contributed by atoms with van der Waals surface area (Å²) in [6, 6.07) is 4.51. The van der Waals surface area contributed by atoms with Gasteiger partial charge in [0, 0.05) is 26.4 Å². The first-order valence-electron chi connectivity index (χ1n) is 2.98. The van der Waals surface area contributed by atoms with Crippen LogP contribution in [0.15, 0.2) is 18.2 Å². The van der Waals surface area contributed by atoms with Gasteiger partial charge in [-0.15, -0.1) is 0 Å². The van der Waals surface area contributed by atoms with Gasteiger partial charge in [0.25, 0.3) is 0 Å². The average Bonchev–Trinajstić information content (AvgIpc) is 1.94. The second-order valence-electron chi connectivity index (χ2n) is 1.97. The van der Waals surface area contributed by atoms with E-state index in [-0.39, 0.29) is 40.3 Å². The molecule has 0 bridgehead atoms. The van der Waals surface area contributed by atoms with Gasteiger partial charge in [-0.1, -0.05) is 23.2 Å². The molecule has 0 aliphatic heterocycles. The first-order valence-corrected chi connectivity index (χ1v) is 6.87. The standard InChI is InChI=1S/C6H4Cl2O.Cl2O2S.Na.H/c7-4-1-2-6(9)5(8)3-4;1-5(2,3)4;;/h1-3,9H;;;. The van der Waals surface area contributed by atoms with E-state index in [4.69, 9.17) is 36.7 Å². The Hall–Kier alpha value is 1.13. The molecule has 0 aliphatic carbocycles. The van der Waals surface area contributed by atoms with Gasteiger partial charge in [0.05, 0.1) is 5.02 Å². The molecule has 0 aliphatic rings. The number of hydrogen-bond donors (Lipinski definition) is 1. The molecule has 1 aromatic rings. The summed E-state index contributed by atoms with van der Waals surface area (Å²) in [4.78, 5) is 0. The van der Waals surface area contributed by atoms with Gasteiger partial charge in [-0.2, -0.15) is 8.42 Å². The van der Waals surface area contributed by atoms with Crippen molar-refractivity contribution in [3.8, 4) is 5.75 Å². The minimum absolute atomic E-state index is 0. The van der Waals surface area contributed by atoms with E-state index in [0.29, 0.717) is 5.02 Å². The summed E-state index contributed by atoms with van der Waals surface area (Å²) in [5.74, 6) is 0.0565. The van der Waals surface area contributed by atoms with Crippen molar-refractivity contribution in [1.82, 2.24) is 0 Å². The zero-order chi connectivity index (χ0) is 11.4. The molecule has 82 valence electrons. The van der Waals surface area contributed by atoms with E-state index in [1.165, 1.54) is 12.1 Å². The van der Waals surface area contributed by atoms with Crippen LogP contribution in [0.25, 0.3) is 0 Å². The third-order valence-corrected chi connectivity index (χ3v) is 1.45. The maximum absolute atomic E-state index is 9.16. The van der Waals surface area contributed by atoms with Crippen LogP contribution in [0, 0.1) is 0 Å². The second kappa shape index (κ2) is 8.25. The molecule has 0 atom stereocenters. The fourth-order valence-electron chi connectivity index (χ4n) is 0.481.